The van der Waals surface area contributed by atoms with E-state index in [1.807, 2.05) is 0 Å². The molecule has 0 heterocycles. The molecule has 0 saturated heterocycles. The van der Waals surface area contributed by atoms with E-state index in [9.17, 15) is 0 Å². The van der Waals surface area contributed by atoms with E-state index in [4.69, 9.17) is 0 Å². The monoisotopic (exact) mass is 216 g/mol. The van der Waals surface area contributed by atoms with E-state index in [-0.39, 0.29) is 0 Å². The summed E-state index contributed by atoms with van der Waals surface area (Å²) < 4.78 is 0. The number of hydrogen-bond donors (Lipinski definition) is 0. The Balaban J connectivity index is 2.20. The molecule has 0 atom stereocenters. The molecule has 0 unspecified atom stereocenters. The van der Waals surface area contributed by atoms with Crippen LogP contribution in [-0.2, 0) is 0 Å². The van der Waals surface area contributed by atoms with Crippen molar-refractivity contribution in [2.45, 2.75) is 59.3 Å². The van der Waals surface area contributed by atoms with Gasteiger partial charge in [-0.25, -0.2) is 0 Å². The summed E-state index contributed by atoms with van der Waals surface area (Å²) in [6.45, 7) is 6.94. The lowest BCUT2D eigenvalue weighted by atomic mass is 9.79. The minimum absolute atomic E-state index is 0.306. The van der Waals surface area contributed by atoms with Gasteiger partial charge in [0.05, 0.1) is 0 Å². The highest BCUT2D eigenvalue weighted by molar-refractivity contribution is 5.42. The Labute approximate surface area is 100 Å². The number of hydrogen-bond acceptors (Lipinski definition) is 0. The second-order valence-corrected chi connectivity index (χ2v) is 6.09. The van der Waals surface area contributed by atoms with Crippen molar-refractivity contribution in [2.75, 3.05) is 0 Å². The molecular weight excluding hydrogens is 192 g/mol. The molecule has 0 amide bonds. The van der Waals surface area contributed by atoms with Crippen molar-refractivity contribution in [1.29, 1.82) is 0 Å². The molecule has 0 aromatic heterocycles. The highest BCUT2D eigenvalue weighted by atomic mass is 14.2. The third kappa shape index (κ3) is 2.66. The second kappa shape index (κ2) is 4.61. The molecule has 0 bridgehead atoms. The minimum atomic E-state index is 0.306. The summed E-state index contributed by atoms with van der Waals surface area (Å²) in [7, 11) is 0. The summed E-state index contributed by atoms with van der Waals surface area (Å²) in [5.41, 5.74) is 5.09. The third-order valence-electron chi connectivity index (χ3n) is 3.68. The van der Waals surface area contributed by atoms with Crippen molar-refractivity contribution in [3.63, 3.8) is 0 Å². The Bertz CT molecular complexity index is 345. The average Bonchev–Trinajstić information content (AvgIpc) is 2.29. The van der Waals surface area contributed by atoms with Crippen LogP contribution in [0.3, 0.4) is 0 Å². The number of allylic oxidation sites excluding steroid dienone is 6. The van der Waals surface area contributed by atoms with E-state index in [1.165, 1.54) is 44.1 Å². The standard InChI is InChI=1S/C16H24/c1-16(2,3)15-11-7-10-14(12-15)13-8-5-4-6-9-13/h8,11-12H,4-7,9-10H2,1-3H3. The van der Waals surface area contributed by atoms with Crippen molar-refractivity contribution in [1.82, 2.24) is 0 Å². The molecule has 0 radical (unpaired) electrons. The Hall–Kier alpha value is -0.780. The molecule has 0 spiro atoms. The third-order valence-corrected chi connectivity index (χ3v) is 3.68. The normalized spacial score (nSPS) is 22.3. The van der Waals surface area contributed by atoms with Gasteiger partial charge in [-0.2, -0.15) is 0 Å². The molecule has 88 valence electrons. The average molecular weight is 216 g/mol. The molecule has 0 aliphatic heterocycles. The van der Waals surface area contributed by atoms with E-state index in [0.717, 1.165) is 0 Å². The zero-order valence-electron chi connectivity index (χ0n) is 11.0. The van der Waals surface area contributed by atoms with Gasteiger partial charge in [-0.1, -0.05) is 39.0 Å². The van der Waals surface area contributed by atoms with Crippen LogP contribution in [0.5, 0.6) is 0 Å². The predicted octanol–water partition coefficient (Wildman–Crippen LogP) is 5.18. The first-order valence-electron chi connectivity index (χ1n) is 6.68. The Morgan fingerprint density at radius 2 is 1.69 bits per heavy atom. The van der Waals surface area contributed by atoms with E-state index in [0.29, 0.717) is 5.41 Å². The van der Waals surface area contributed by atoms with Gasteiger partial charge in [-0.15, -0.1) is 0 Å². The van der Waals surface area contributed by atoms with Crippen LogP contribution in [0.2, 0.25) is 0 Å². The maximum Gasteiger partial charge on any atom is -0.0135 e. The zero-order valence-corrected chi connectivity index (χ0v) is 11.0. The fourth-order valence-electron chi connectivity index (χ4n) is 2.61. The highest BCUT2D eigenvalue weighted by Gasteiger charge is 2.19. The summed E-state index contributed by atoms with van der Waals surface area (Å²) in [5.74, 6) is 0. The van der Waals surface area contributed by atoms with Crippen molar-refractivity contribution in [3.8, 4) is 0 Å². The van der Waals surface area contributed by atoms with E-state index < -0.39 is 0 Å². The van der Waals surface area contributed by atoms with E-state index in [1.54, 1.807) is 11.1 Å². The van der Waals surface area contributed by atoms with Gasteiger partial charge in [0.25, 0.3) is 0 Å². The topological polar surface area (TPSA) is 0 Å². The van der Waals surface area contributed by atoms with Crippen LogP contribution >= 0.6 is 0 Å². The van der Waals surface area contributed by atoms with Crippen molar-refractivity contribution in [3.05, 3.63) is 34.9 Å². The maximum atomic E-state index is 2.47. The van der Waals surface area contributed by atoms with Crippen LogP contribution < -0.4 is 0 Å². The van der Waals surface area contributed by atoms with Crippen LogP contribution in [0.15, 0.2) is 34.9 Å². The van der Waals surface area contributed by atoms with Crippen molar-refractivity contribution in [2.24, 2.45) is 5.41 Å². The summed E-state index contributed by atoms with van der Waals surface area (Å²) in [6, 6.07) is 0. The smallest absolute Gasteiger partial charge is 0.0135 e. The summed E-state index contributed by atoms with van der Waals surface area (Å²) in [5, 5.41) is 0. The predicted molar refractivity (Wildman–Crippen MR) is 71.4 cm³/mol. The molecule has 0 aromatic rings. The lowest BCUT2D eigenvalue weighted by Crippen LogP contribution is -2.11. The van der Waals surface area contributed by atoms with Crippen LogP contribution in [0.1, 0.15) is 59.3 Å². The minimum Gasteiger partial charge on any atom is -0.0810 e. The summed E-state index contributed by atoms with van der Waals surface area (Å²) in [4.78, 5) is 0. The first kappa shape index (κ1) is 11.7. The zero-order chi connectivity index (χ0) is 11.6. The van der Waals surface area contributed by atoms with Gasteiger partial charge in [0, 0.05) is 0 Å². The van der Waals surface area contributed by atoms with E-state index in [2.05, 4.69) is 39.0 Å². The molecule has 0 nitrogen and oxygen atoms in total. The van der Waals surface area contributed by atoms with Gasteiger partial charge in [0.15, 0.2) is 0 Å². The Kier molecular flexibility index (Phi) is 3.37. The fraction of sp³-hybridized carbons (Fsp3) is 0.625. The quantitative estimate of drug-likeness (QED) is 0.566. The van der Waals surface area contributed by atoms with Gasteiger partial charge in [-0.05, 0) is 60.7 Å². The molecule has 2 aliphatic rings. The second-order valence-electron chi connectivity index (χ2n) is 6.09. The molecule has 0 aromatic carbocycles. The van der Waals surface area contributed by atoms with Crippen molar-refractivity contribution < 1.29 is 0 Å². The lowest BCUT2D eigenvalue weighted by Gasteiger charge is -2.26. The maximum absolute atomic E-state index is 2.47. The first-order valence-corrected chi connectivity index (χ1v) is 6.68. The molecule has 2 aliphatic carbocycles. The fourth-order valence-corrected chi connectivity index (χ4v) is 2.61. The first-order chi connectivity index (χ1) is 7.57. The molecule has 0 heteroatoms. The Morgan fingerprint density at radius 1 is 0.875 bits per heavy atom. The largest absolute Gasteiger partial charge is 0.0810 e. The molecule has 0 saturated carbocycles. The SMILES string of the molecule is CC(C)(C)C1=CCCC(C2=CCCCC2)=C1. The summed E-state index contributed by atoms with van der Waals surface area (Å²) >= 11 is 0. The van der Waals surface area contributed by atoms with Gasteiger partial charge in [-0.3, -0.25) is 0 Å². The molecule has 16 heavy (non-hydrogen) atoms. The van der Waals surface area contributed by atoms with Gasteiger partial charge in [0.1, 0.15) is 0 Å². The van der Waals surface area contributed by atoms with Gasteiger partial charge in [0.2, 0.25) is 0 Å². The van der Waals surface area contributed by atoms with E-state index >= 15 is 0 Å². The van der Waals surface area contributed by atoms with Crippen LogP contribution in [0.25, 0.3) is 0 Å². The molecular formula is C16H24. The van der Waals surface area contributed by atoms with Crippen molar-refractivity contribution >= 4 is 0 Å². The van der Waals surface area contributed by atoms with Gasteiger partial charge >= 0.3 is 0 Å². The molecule has 0 N–H and O–H groups in total. The molecule has 2 rings (SSSR count). The summed E-state index contributed by atoms with van der Waals surface area (Å²) in [6.07, 6.45) is 15.2. The lowest BCUT2D eigenvalue weighted by molar-refractivity contribution is 0.510. The van der Waals surface area contributed by atoms with Crippen LogP contribution in [0, 0.1) is 5.41 Å². The number of rotatable bonds is 1. The van der Waals surface area contributed by atoms with Crippen LogP contribution in [-0.4, -0.2) is 0 Å². The van der Waals surface area contributed by atoms with Gasteiger partial charge < -0.3 is 0 Å². The van der Waals surface area contributed by atoms with Crippen LogP contribution in [0.4, 0.5) is 0 Å². The molecule has 0 fully saturated rings. The highest BCUT2D eigenvalue weighted by Crippen LogP contribution is 2.36. The Morgan fingerprint density at radius 3 is 2.31 bits per heavy atom.